The average molecular weight is 285 g/mol. The number of aromatic nitrogens is 2. The molecule has 2 aromatic rings. The van der Waals surface area contributed by atoms with Gasteiger partial charge in [0, 0.05) is 25.1 Å². The van der Waals surface area contributed by atoms with Crippen LogP contribution in [0.5, 0.6) is 0 Å². The molecule has 0 radical (unpaired) electrons. The molecule has 1 saturated carbocycles. The molecule has 0 bridgehead atoms. The van der Waals surface area contributed by atoms with Crippen molar-refractivity contribution in [2.75, 3.05) is 6.61 Å². The highest BCUT2D eigenvalue weighted by Gasteiger charge is 2.36. The van der Waals surface area contributed by atoms with E-state index in [1.165, 1.54) is 24.2 Å². The van der Waals surface area contributed by atoms with E-state index in [4.69, 9.17) is 15.5 Å². The fourth-order valence-electron chi connectivity index (χ4n) is 3.61. The minimum atomic E-state index is 0.327. The van der Waals surface area contributed by atoms with Gasteiger partial charge in [0.1, 0.15) is 5.82 Å². The molecular formula is C17H23N3O. The summed E-state index contributed by atoms with van der Waals surface area (Å²) in [4.78, 5) is 4.99. The second-order valence-corrected chi connectivity index (χ2v) is 6.31. The monoisotopic (exact) mass is 285 g/mol. The zero-order chi connectivity index (χ0) is 14.4. The van der Waals surface area contributed by atoms with Crippen LogP contribution in [-0.4, -0.2) is 22.3 Å². The van der Waals surface area contributed by atoms with Crippen LogP contribution in [-0.2, 0) is 11.3 Å². The molecule has 2 fully saturated rings. The average Bonchev–Trinajstić information content (AvgIpc) is 3.12. The zero-order valence-corrected chi connectivity index (χ0v) is 12.6. The minimum Gasteiger partial charge on any atom is -0.377 e. The zero-order valence-electron chi connectivity index (χ0n) is 12.6. The first-order valence-corrected chi connectivity index (χ1v) is 8.14. The van der Waals surface area contributed by atoms with Crippen molar-refractivity contribution in [1.29, 1.82) is 0 Å². The second-order valence-electron chi connectivity index (χ2n) is 6.31. The third-order valence-electron chi connectivity index (χ3n) is 4.87. The Morgan fingerprint density at radius 2 is 2.19 bits per heavy atom. The fraction of sp³-hybridized carbons (Fsp3) is 0.588. The number of nitrogens with zero attached hydrogens (tertiary/aromatic N) is 2. The van der Waals surface area contributed by atoms with Crippen molar-refractivity contribution in [3.63, 3.8) is 0 Å². The maximum Gasteiger partial charge on any atom is 0.115 e. The SMILES string of the molecule is CCC1OCCC1c1nc2cc(CN)ccc2n1C1CC1. The third kappa shape index (κ3) is 2.17. The molecule has 1 aromatic heterocycles. The normalized spacial score (nSPS) is 25.8. The molecule has 1 aliphatic carbocycles. The molecule has 4 nitrogen and oxygen atoms in total. The summed E-state index contributed by atoms with van der Waals surface area (Å²) in [5, 5.41) is 0. The Labute approximate surface area is 125 Å². The van der Waals surface area contributed by atoms with Gasteiger partial charge in [-0.15, -0.1) is 0 Å². The van der Waals surface area contributed by atoms with E-state index in [0.29, 0.717) is 24.6 Å². The largest absolute Gasteiger partial charge is 0.377 e. The number of nitrogens with two attached hydrogens (primary N) is 1. The first-order chi connectivity index (χ1) is 10.3. The number of hydrogen-bond acceptors (Lipinski definition) is 3. The van der Waals surface area contributed by atoms with Crippen molar-refractivity contribution in [3.05, 3.63) is 29.6 Å². The van der Waals surface area contributed by atoms with Crippen LogP contribution in [0.2, 0.25) is 0 Å². The topological polar surface area (TPSA) is 53.1 Å². The molecule has 0 spiro atoms. The van der Waals surface area contributed by atoms with E-state index >= 15 is 0 Å². The van der Waals surface area contributed by atoms with E-state index < -0.39 is 0 Å². The molecule has 2 aliphatic rings. The van der Waals surface area contributed by atoms with Gasteiger partial charge in [-0.1, -0.05) is 13.0 Å². The number of ether oxygens (including phenoxy) is 1. The van der Waals surface area contributed by atoms with Crippen LogP contribution >= 0.6 is 0 Å². The van der Waals surface area contributed by atoms with Crippen LogP contribution in [0.3, 0.4) is 0 Å². The molecule has 2 heterocycles. The first-order valence-electron chi connectivity index (χ1n) is 8.14. The Bertz CT molecular complexity index is 659. The Kier molecular flexibility index (Phi) is 3.23. The van der Waals surface area contributed by atoms with Crippen molar-refractivity contribution < 1.29 is 4.74 Å². The van der Waals surface area contributed by atoms with Crippen LogP contribution in [0.4, 0.5) is 0 Å². The molecule has 4 rings (SSSR count). The van der Waals surface area contributed by atoms with Gasteiger partial charge in [-0.3, -0.25) is 0 Å². The van der Waals surface area contributed by atoms with Crippen LogP contribution in [0.15, 0.2) is 18.2 Å². The van der Waals surface area contributed by atoms with E-state index in [-0.39, 0.29) is 0 Å². The summed E-state index contributed by atoms with van der Waals surface area (Å²) in [6.07, 6.45) is 5.04. The minimum absolute atomic E-state index is 0.327. The number of hydrogen-bond donors (Lipinski definition) is 1. The van der Waals surface area contributed by atoms with E-state index in [1.807, 2.05) is 0 Å². The highest BCUT2D eigenvalue weighted by molar-refractivity contribution is 5.77. The lowest BCUT2D eigenvalue weighted by Gasteiger charge is -2.18. The summed E-state index contributed by atoms with van der Waals surface area (Å²) in [6.45, 7) is 3.65. The van der Waals surface area contributed by atoms with Crippen LogP contribution in [0.1, 0.15) is 56.0 Å². The van der Waals surface area contributed by atoms with Gasteiger partial charge in [-0.05, 0) is 43.4 Å². The van der Waals surface area contributed by atoms with Crippen molar-refractivity contribution in [1.82, 2.24) is 9.55 Å². The first kappa shape index (κ1) is 13.3. The Hall–Kier alpha value is -1.39. The van der Waals surface area contributed by atoms with Crippen molar-refractivity contribution >= 4 is 11.0 Å². The molecule has 1 aromatic carbocycles. The van der Waals surface area contributed by atoms with Crippen LogP contribution < -0.4 is 5.73 Å². The second kappa shape index (κ2) is 5.11. The standard InChI is InChI=1S/C17H23N3O/c1-2-16-13(7-8-21-16)17-19-14-9-11(10-18)3-6-15(14)20(17)12-4-5-12/h3,6,9,12-13,16H,2,4-5,7-8,10,18H2,1H3. The highest BCUT2D eigenvalue weighted by Crippen LogP contribution is 2.43. The summed E-state index contributed by atoms with van der Waals surface area (Å²) < 4.78 is 8.38. The van der Waals surface area contributed by atoms with Crippen molar-refractivity contribution in [3.8, 4) is 0 Å². The van der Waals surface area contributed by atoms with Crippen molar-refractivity contribution in [2.45, 2.75) is 57.2 Å². The quantitative estimate of drug-likeness (QED) is 0.939. The Balaban J connectivity index is 1.85. The number of rotatable bonds is 4. The predicted octanol–water partition coefficient (Wildman–Crippen LogP) is 3.11. The molecule has 2 atom stereocenters. The summed E-state index contributed by atoms with van der Waals surface area (Å²) in [6, 6.07) is 7.12. The van der Waals surface area contributed by atoms with Gasteiger partial charge in [0.2, 0.25) is 0 Å². The van der Waals surface area contributed by atoms with Gasteiger partial charge in [-0.25, -0.2) is 4.98 Å². The van der Waals surface area contributed by atoms with Gasteiger partial charge in [0.05, 0.1) is 17.1 Å². The van der Waals surface area contributed by atoms with Gasteiger partial charge in [-0.2, -0.15) is 0 Å². The van der Waals surface area contributed by atoms with Gasteiger partial charge in [0.25, 0.3) is 0 Å². The lowest BCUT2D eigenvalue weighted by molar-refractivity contribution is 0.0989. The smallest absolute Gasteiger partial charge is 0.115 e. The maximum absolute atomic E-state index is 5.89. The molecule has 0 amide bonds. The predicted molar refractivity (Wildman–Crippen MR) is 83.3 cm³/mol. The molecule has 4 heteroatoms. The highest BCUT2D eigenvalue weighted by atomic mass is 16.5. The van der Waals surface area contributed by atoms with Crippen LogP contribution in [0.25, 0.3) is 11.0 Å². The van der Waals surface area contributed by atoms with E-state index in [1.54, 1.807) is 0 Å². The van der Waals surface area contributed by atoms with Gasteiger partial charge >= 0.3 is 0 Å². The summed E-state index contributed by atoms with van der Waals surface area (Å²) in [7, 11) is 0. The van der Waals surface area contributed by atoms with Gasteiger partial charge < -0.3 is 15.0 Å². The molecule has 1 aliphatic heterocycles. The molecule has 21 heavy (non-hydrogen) atoms. The summed E-state index contributed by atoms with van der Waals surface area (Å²) in [5.41, 5.74) is 9.29. The fourth-order valence-corrected chi connectivity index (χ4v) is 3.61. The molecule has 1 saturated heterocycles. The maximum atomic E-state index is 5.89. The van der Waals surface area contributed by atoms with Crippen molar-refractivity contribution in [2.24, 2.45) is 5.73 Å². The lowest BCUT2D eigenvalue weighted by Crippen LogP contribution is -2.17. The third-order valence-corrected chi connectivity index (χ3v) is 4.87. The molecular weight excluding hydrogens is 262 g/mol. The Morgan fingerprint density at radius 3 is 2.90 bits per heavy atom. The van der Waals surface area contributed by atoms with Gasteiger partial charge in [0.15, 0.2) is 0 Å². The molecule has 2 N–H and O–H groups in total. The number of benzene rings is 1. The Morgan fingerprint density at radius 1 is 1.33 bits per heavy atom. The van der Waals surface area contributed by atoms with E-state index in [9.17, 15) is 0 Å². The lowest BCUT2D eigenvalue weighted by atomic mass is 9.98. The van der Waals surface area contributed by atoms with E-state index in [2.05, 4.69) is 29.7 Å². The number of imidazole rings is 1. The summed E-state index contributed by atoms with van der Waals surface area (Å²) >= 11 is 0. The van der Waals surface area contributed by atoms with E-state index in [0.717, 1.165) is 30.5 Å². The van der Waals surface area contributed by atoms with Crippen LogP contribution in [0, 0.1) is 0 Å². The molecule has 112 valence electrons. The summed E-state index contributed by atoms with van der Waals surface area (Å²) in [5.74, 6) is 1.69. The molecule has 2 unspecified atom stereocenters. The number of fused-ring (bicyclic) bond motifs is 1.